The van der Waals surface area contributed by atoms with Crippen LogP contribution in [-0.4, -0.2) is 55.1 Å². The zero-order valence-corrected chi connectivity index (χ0v) is 17.9. The van der Waals surface area contributed by atoms with E-state index in [1.807, 2.05) is 19.9 Å². The van der Waals surface area contributed by atoms with Crippen LogP contribution < -0.4 is 15.1 Å². The molecule has 0 aromatic carbocycles. The Labute approximate surface area is 170 Å². The second kappa shape index (κ2) is 9.43. The monoisotopic (exact) mass is 404 g/mol. The molecular formula is C20H30N5O2S+. The number of furan rings is 1. The molecule has 0 aliphatic carbocycles. The van der Waals surface area contributed by atoms with E-state index in [1.165, 1.54) is 0 Å². The Morgan fingerprint density at radius 2 is 2.07 bits per heavy atom. The Morgan fingerprint density at radius 1 is 1.32 bits per heavy atom. The highest BCUT2D eigenvalue weighted by Gasteiger charge is 2.19. The fourth-order valence-corrected chi connectivity index (χ4v) is 3.80. The van der Waals surface area contributed by atoms with Crippen molar-refractivity contribution in [3.8, 4) is 0 Å². The van der Waals surface area contributed by atoms with Gasteiger partial charge in [-0.05, 0) is 32.4 Å². The molecule has 1 fully saturated rings. The summed E-state index contributed by atoms with van der Waals surface area (Å²) in [5.41, 5.74) is 1.05. The second-order valence-electron chi connectivity index (χ2n) is 7.48. The van der Waals surface area contributed by atoms with Gasteiger partial charge >= 0.3 is 0 Å². The minimum atomic E-state index is -0.185. The molecule has 0 bridgehead atoms. The molecule has 0 saturated carbocycles. The molecule has 0 unspecified atom stereocenters. The van der Waals surface area contributed by atoms with Gasteiger partial charge in [0.05, 0.1) is 39.0 Å². The van der Waals surface area contributed by atoms with Crippen molar-refractivity contribution in [2.45, 2.75) is 44.1 Å². The lowest BCUT2D eigenvalue weighted by atomic mass is 10.3. The molecule has 7 nitrogen and oxygen atoms in total. The number of likely N-dealkylation sites (N-methyl/N-ethyl adjacent to an activating group) is 1. The van der Waals surface area contributed by atoms with Gasteiger partial charge in [-0.1, -0.05) is 18.7 Å². The average molecular weight is 405 g/mol. The van der Waals surface area contributed by atoms with Crippen molar-refractivity contribution in [2.75, 3.05) is 38.1 Å². The number of quaternary nitrogens is 1. The molecule has 2 aromatic heterocycles. The first-order valence-corrected chi connectivity index (χ1v) is 10.9. The summed E-state index contributed by atoms with van der Waals surface area (Å²) in [7, 11) is 2.23. The summed E-state index contributed by atoms with van der Waals surface area (Å²) < 4.78 is 5.68. The lowest BCUT2D eigenvalue weighted by Gasteiger charge is -2.31. The number of nitrogens with zero attached hydrogens (tertiary/aromatic N) is 3. The SMILES string of the molecule is CCc1cc(N2CC[NH+](C)CC2)nc(SCc2ccc(C(=O)NC(C)C)o2)n1. The molecule has 2 aromatic rings. The normalized spacial score (nSPS) is 15.2. The van der Waals surface area contributed by atoms with Gasteiger partial charge in [0.1, 0.15) is 11.6 Å². The van der Waals surface area contributed by atoms with Crippen LogP contribution >= 0.6 is 11.8 Å². The Hall–Kier alpha value is -2.06. The van der Waals surface area contributed by atoms with Gasteiger partial charge < -0.3 is 19.5 Å². The van der Waals surface area contributed by atoms with Crippen LogP contribution in [0.1, 0.15) is 42.8 Å². The first-order valence-electron chi connectivity index (χ1n) is 9.91. The third-order valence-corrected chi connectivity index (χ3v) is 5.57. The first kappa shape index (κ1) is 20.7. The lowest BCUT2D eigenvalue weighted by molar-refractivity contribution is -0.880. The summed E-state index contributed by atoms with van der Waals surface area (Å²) in [6.07, 6.45) is 0.877. The van der Waals surface area contributed by atoms with E-state index in [-0.39, 0.29) is 11.9 Å². The Kier molecular flexibility index (Phi) is 6.96. The fraction of sp³-hybridized carbons (Fsp3) is 0.550. The zero-order chi connectivity index (χ0) is 20.1. The second-order valence-corrected chi connectivity index (χ2v) is 8.42. The molecule has 2 N–H and O–H groups in total. The number of carbonyl (C=O) groups excluding carboxylic acids is 1. The van der Waals surface area contributed by atoms with Crippen molar-refractivity contribution in [2.24, 2.45) is 0 Å². The number of nitrogens with one attached hydrogen (secondary N) is 2. The van der Waals surface area contributed by atoms with Crippen LogP contribution in [0.4, 0.5) is 5.82 Å². The highest BCUT2D eigenvalue weighted by molar-refractivity contribution is 7.98. The highest BCUT2D eigenvalue weighted by atomic mass is 32.2. The largest absolute Gasteiger partial charge is 0.455 e. The number of thioether (sulfide) groups is 1. The highest BCUT2D eigenvalue weighted by Crippen LogP contribution is 2.24. The zero-order valence-electron chi connectivity index (χ0n) is 17.1. The predicted molar refractivity (Wildman–Crippen MR) is 111 cm³/mol. The Balaban J connectivity index is 1.66. The van der Waals surface area contributed by atoms with Crippen molar-refractivity contribution in [1.82, 2.24) is 15.3 Å². The maximum atomic E-state index is 12.0. The first-order chi connectivity index (χ1) is 13.4. The van der Waals surface area contributed by atoms with Crippen LogP contribution in [0.3, 0.4) is 0 Å². The number of aromatic nitrogens is 2. The van der Waals surface area contributed by atoms with E-state index in [0.29, 0.717) is 11.5 Å². The van der Waals surface area contributed by atoms with Gasteiger partial charge in [-0.2, -0.15) is 0 Å². The van der Waals surface area contributed by atoms with Gasteiger partial charge in [0, 0.05) is 17.8 Å². The van der Waals surface area contributed by atoms with Gasteiger partial charge in [-0.25, -0.2) is 9.97 Å². The van der Waals surface area contributed by atoms with E-state index in [1.54, 1.807) is 22.7 Å². The number of piperazine rings is 1. The average Bonchev–Trinajstić information content (AvgIpc) is 3.15. The molecule has 28 heavy (non-hydrogen) atoms. The van der Waals surface area contributed by atoms with Gasteiger partial charge in [-0.3, -0.25) is 4.79 Å². The van der Waals surface area contributed by atoms with Crippen molar-refractivity contribution < 1.29 is 14.1 Å². The molecule has 0 radical (unpaired) electrons. The summed E-state index contributed by atoms with van der Waals surface area (Å²) in [5, 5.41) is 3.59. The molecule has 0 spiro atoms. The van der Waals surface area contributed by atoms with Crippen molar-refractivity contribution in [3.05, 3.63) is 35.4 Å². The summed E-state index contributed by atoms with van der Waals surface area (Å²) in [5.74, 6) is 2.50. The Bertz CT molecular complexity index is 800. The van der Waals surface area contributed by atoms with E-state index in [2.05, 4.69) is 35.2 Å². The number of amides is 1. The van der Waals surface area contributed by atoms with E-state index >= 15 is 0 Å². The predicted octanol–water partition coefficient (Wildman–Crippen LogP) is 1.40. The molecule has 8 heteroatoms. The quantitative estimate of drug-likeness (QED) is 0.537. The standard InChI is InChI=1S/C20H29N5O2S/c1-5-15-12-18(25-10-8-24(4)9-11-25)23-20(22-15)28-13-16-6-7-17(27-16)19(26)21-14(2)3/h6-7,12,14H,5,8-11,13H2,1-4H3,(H,21,26)/p+1. The lowest BCUT2D eigenvalue weighted by Crippen LogP contribution is -3.12. The number of carbonyl (C=O) groups is 1. The van der Waals surface area contributed by atoms with E-state index in [9.17, 15) is 4.79 Å². The van der Waals surface area contributed by atoms with Gasteiger partial charge in [0.2, 0.25) is 0 Å². The van der Waals surface area contributed by atoms with Crippen LogP contribution in [0.2, 0.25) is 0 Å². The molecule has 1 saturated heterocycles. The third-order valence-electron chi connectivity index (χ3n) is 4.70. The Morgan fingerprint density at radius 3 is 2.75 bits per heavy atom. The molecule has 1 aliphatic heterocycles. The number of anilines is 1. The number of rotatable bonds is 7. The molecule has 1 aliphatic rings. The molecule has 0 atom stereocenters. The molecule has 3 rings (SSSR count). The number of hydrogen-bond donors (Lipinski definition) is 2. The molecule has 1 amide bonds. The van der Waals surface area contributed by atoms with Gasteiger partial charge in [0.15, 0.2) is 10.9 Å². The maximum Gasteiger partial charge on any atom is 0.287 e. The molecular weight excluding hydrogens is 374 g/mol. The summed E-state index contributed by atoms with van der Waals surface area (Å²) in [6, 6.07) is 5.74. The van der Waals surface area contributed by atoms with Gasteiger partial charge in [0.25, 0.3) is 5.91 Å². The van der Waals surface area contributed by atoms with E-state index in [4.69, 9.17) is 9.40 Å². The fourth-order valence-electron chi connectivity index (χ4n) is 3.03. The topological polar surface area (TPSA) is 75.7 Å². The molecule has 3 heterocycles. The smallest absolute Gasteiger partial charge is 0.287 e. The summed E-state index contributed by atoms with van der Waals surface area (Å²) in [4.78, 5) is 25.4. The number of aryl methyl sites for hydroxylation is 1. The van der Waals surface area contributed by atoms with E-state index < -0.39 is 0 Å². The van der Waals surface area contributed by atoms with E-state index in [0.717, 1.165) is 55.0 Å². The summed E-state index contributed by atoms with van der Waals surface area (Å²) >= 11 is 1.54. The van der Waals surface area contributed by atoms with Crippen molar-refractivity contribution in [3.63, 3.8) is 0 Å². The van der Waals surface area contributed by atoms with Crippen LogP contribution in [-0.2, 0) is 12.2 Å². The van der Waals surface area contributed by atoms with Gasteiger partial charge in [-0.15, -0.1) is 0 Å². The summed E-state index contributed by atoms with van der Waals surface area (Å²) in [6.45, 7) is 10.2. The van der Waals surface area contributed by atoms with Crippen molar-refractivity contribution in [1.29, 1.82) is 0 Å². The van der Waals surface area contributed by atoms with Crippen LogP contribution in [0.25, 0.3) is 0 Å². The minimum absolute atomic E-state index is 0.0789. The number of hydrogen-bond acceptors (Lipinski definition) is 6. The van der Waals surface area contributed by atoms with Crippen LogP contribution in [0.15, 0.2) is 27.8 Å². The third kappa shape index (κ3) is 5.48. The minimum Gasteiger partial charge on any atom is -0.455 e. The maximum absolute atomic E-state index is 12.0. The van der Waals surface area contributed by atoms with Crippen LogP contribution in [0, 0.1) is 0 Å². The van der Waals surface area contributed by atoms with Crippen LogP contribution in [0.5, 0.6) is 0 Å². The molecule has 152 valence electrons. The van der Waals surface area contributed by atoms with Crippen molar-refractivity contribution >= 4 is 23.5 Å².